The molecule has 4 rings (SSSR count). The summed E-state index contributed by atoms with van der Waals surface area (Å²) in [4.78, 5) is 25.5. The van der Waals surface area contributed by atoms with Crippen molar-refractivity contribution in [3.05, 3.63) is 59.7 Å². The quantitative estimate of drug-likeness (QED) is 0.640. The Hall–Kier alpha value is -3.06. The molecule has 2 heterocycles. The van der Waals surface area contributed by atoms with Gasteiger partial charge in [0.05, 0.1) is 18.6 Å². The van der Waals surface area contributed by atoms with Crippen LogP contribution in [0.4, 0.5) is 0 Å². The second-order valence-corrected chi connectivity index (χ2v) is 6.37. The van der Waals surface area contributed by atoms with Crippen LogP contribution in [0.5, 0.6) is 11.5 Å². The van der Waals surface area contributed by atoms with Crippen molar-refractivity contribution in [2.75, 3.05) is 6.61 Å². The number of carbonyl (C=O) groups excluding carboxylic acids is 2. The van der Waals surface area contributed by atoms with E-state index in [0.29, 0.717) is 18.1 Å². The maximum atomic E-state index is 12.5. The lowest BCUT2D eigenvalue weighted by Gasteiger charge is -2.51. The van der Waals surface area contributed by atoms with Gasteiger partial charge in [-0.2, -0.15) is 0 Å². The van der Waals surface area contributed by atoms with Crippen LogP contribution in [-0.4, -0.2) is 34.7 Å². The number of fused-ring (bicyclic) bond motifs is 2. The Morgan fingerprint density at radius 2 is 2.07 bits per heavy atom. The molecule has 0 aliphatic carbocycles. The SMILES string of the molecule is CCOC(=O)C1(O)c2ccc(OCc3ccccc3)cc2OC2CC(=O)N21. The third-order valence-electron chi connectivity index (χ3n) is 4.65. The fourth-order valence-corrected chi connectivity index (χ4v) is 3.31. The zero-order valence-corrected chi connectivity index (χ0v) is 14.8. The summed E-state index contributed by atoms with van der Waals surface area (Å²) in [5.41, 5.74) is -1.02. The van der Waals surface area contributed by atoms with E-state index >= 15 is 0 Å². The lowest BCUT2D eigenvalue weighted by Crippen LogP contribution is -2.69. The molecular formula is C20H19NO6. The highest BCUT2D eigenvalue weighted by molar-refractivity contribution is 5.92. The van der Waals surface area contributed by atoms with Crippen LogP contribution in [0.2, 0.25) is 0 Å². The van der Waals surface area contributed by atoms with Crippen molar-refractivity contribution in [3.8, 4) is 11.5 Å². The first-order valence-corrected chi connectivity index (χ1v) is 8.73. The first kappa shape index (κ1) is 17.4. The van der Waals surface area contributed by atoms with Gasteiger partial charge in [-0.25, -0.2) is 4.79 Å². The minimum atomic E-state index is -2.19. The molecule has 1 fully saturated rings. The zero-order valence-electron chi connectivity index (χ0n) is 14.8. The average molecular weight is 369 g/mol. The van der Waals surface area contributed by atoms with Gasteiger partial charge < -0.3 is 19.3 Å². The van der Waals surface area contributed by atoms with Crippen molar-refractivity contribution < 1.29 is 28.9 Å². The summed E-state index contributed by atoms with van der Waals surface area (Å²) in [6, 6.07) is 14.4. The van der Waals surface area contributed by atoms with Crippen LogP contribution in [0.15, 0.2) is 48.5 Å². The molecule has 140 valence electrons. The summed E-state index contributed by atoms with van der Waals surface area (Å²) in [5, 5.41) is 11.1. The molecule has 7 heteroatoms. The third kappa shape index (κ3) is 2.80. The van der Waals surface area contributed by atoms with Crippen molar-refractivity contribution in [2.24, 2.45) is 0 Å². The van der Waals surface area contributed by atoms with Crippen LogP contribution in [0, 0.1) is 0 Å². The minimum absolute atomic E-state index is 0.0856. The molecule has 2 atom stereocenters. The van der Waals surface area contributed by atoms with Gasteiger partial charge in [-0.3, -0.25) is 9.69 Å². The molecule has 1 saturated heterocycles. The van der Waals surface area contributed by atoms with E-state index in [-0.39, 0.29) is 24.5 Å². The molecule has 0 spiro atoms. The van der Waals surface area contributed by atoms with E-state index in [0.717, 1.165) is 10.5 Å². The van der Waals surface area contributed by atoms with Crippen LogP contribution in [0.25, 0.3) is 0 Å². The van der Waals surface area contributed by atoms with Gasteiger partial charge in [0.1, 0.15) is 18.1 Å². The summed E-state index contributed by atoms with van der Waals surface area (Å²) in [6.45, 7) is 2.09. The highest BCUT2D eigenvalue weighted by Gasteiger charge is 2.61. The van der Waals surface area contributed by atoms with Crippen molar-refractivity contribution in [1.82, 2.24) is 4.90 Å². The average Bonchev–Trinajstić information content (AvgIpc) is 2.66. The fraction of sp³-hybridized carbons (Fsp3) is 0.300. The van der Waals surface area contributed by atoms with Crippen molar-refractivity contribution >= 4 is 11.9 Å². The molecular weight excluding hydrogens is 350 g/mol. The van der Waals surface area contributed by atoms with Gasteiger partial charge in [-0.15, -0.1) is 0 Å². The number of esters is 1. The van der Waals surface area contributed by atoms with Gasteiger partial charge in [0.25, 0.3) is 5.72 Å². The molecule has 0 aromatic heterocycles. The number of β-lactam (4-membered cyclic amide) rings is 1. The highest BCUT2D eigenvalue weighted by atomic mass is 16.6. The number of carbonyl (C=O) groups is 2. The molecule has 27 heavy (non-hydrogen) atoms. The largest absolute Gasteiger partial charge is 0.489 e. The van der Waals surface area contributed by atoms with Crippen LogP contribution in [0.1, 0.15) is 24.5 Å². The topological polar surface area (TPSA) is 85.3 Å². The monoisotopic (exact) mass is 369 g/mol. The molecule has 7 nitrogen and oxygen atoms in total. The molecule has 2 aliphatic rings. The number of hydrogen-bond acceptors (Lipinski definition) is 6. The maximum absolute atomic E-state index is 12.5. The summed E-state index contributed by atoms with van der Waals surface area (Å²) < 4.78 is 16.6. The molecule has 2 aliphatic heterocycles. The smallest absolute Gasteiger partial charge is 0.365 e. The number of nitrogens with zero attached hydrogens (tertiary/aromatic N) is 1. The van der Waals surface area contributed by atoms with Crippen molar-refractivity contribution in [2.45, 2.75) is 31.9 Å². The predicted octanol–water partition coefficient (Wildman–Crippen LogP) is 1.92. The first-order valence-electron chi connectivity index (χ1n) is 8.73. The third-order valence-corrected chi connectivity index (χ3v) is 4.65. The Labute approximate surface area is 156 Å². The van der Waals surface area contributed by atoms with E-state index in [1.807, 2.05) is 30.3 Å². The zero-order chi connectivity index (χ0) is 19.0. The van der Waals surface area contributed by atoms with Gasteiger partial charge >= 0.3 is 5.97 Å². The molecule has 2 aromatic rings. The molecule has 1 amide bonds. The number of amides is 1. The lowest BCUT2D eigenvalue weighted by molar-refractivity contribution is -0.240. The van der Waals surface area contributed by atoms with Gasteiger partial charge in [0, 0.05) is 6.07 Å². The van der Waals surface area contributed by atoms with Gasteiger partial charge in [-0.1, -0.05) is 30.3 Å². The Bertz CT molecular complexity index is 883. The summed E-state index contributed by atoms with van der Waals surface area (Å²) >= 11 is 0. The summed E-state index contributed by atoms with van der Waals surface area (Å²) in [7, 11) is 0. The Kier molecular flexibility index (Phi) is 4.24. The normalized spacial score (nSPS) is 22.8. The van der Waals surface area contributed by atoms with E-state index in [4.69, 9.17) is 14.2 Å². The number of benzene rings is 2. The Morgan fingerprint density at radius 1 is 1.30 bits per heavy atom. The number of ether oxygens (including phenoxy) is 3. The standard InChI is InChI=1S/C20H19NO6/c1-2-25-19(23)20(24)15-9-8-14(26-12-13-6-4-3-5-7-13)10-16(15)27-18-11-17(22)21(18)20/h3-10,18,24H,2,11-12H2,1H3. The van der Waals surface area contributed by atoms with Crippen LogP contribution in [-0.2, 0) is 26.7 Å². The van der Waals surface area contributed by atoms with Gasteiger partial charge in [-0.05, 0) is 24.6 Å². The summed E-state index contributed by atoms with van der Waals surface area (Å²) in [5.74, 6) is -0.441. The highest BCUT2D eigenvalue weighted by Crippen LogP contribution is 2.46. The van der Waals surface area contributed by atoms with Crippen LogP contribution < -0.4 is 9.47 Å². The minimum Gasteiger partial charge on any atom is -0.489 e. The van der Waals surface area contributed by atoms with Crippen LogP contribution >= 0.6 is 0 Å². The lowest BCUT2D eigenvalue weighted by atomic mass is 9.92. The predicted molar refractivity (Wildman–Crippen MR) is 93.6 cm³/mol. The van der Waals surface area contributed by atoms with Gasteiger partial charge in [0.2, 0.25) is 5.91 Å². The van der Waals surface area contributed by atoms with E-state index in [2.05, 4.69) is 0 Å². The molecule has 2 aromatic carbocycles. The van der Waals surface area contributed by atoms with E-state index in [1.54, 1.807) is 19.1 Å². The Balaban J connectivity index is 1.63. The van der Waals surface area contributed by atoms with Gasteiger partial charge in [0.15, 0.2) is 6.23 Å². The summed E-state index contributed by atoms with van der Waals surface area (Å²) in [6.07, 6.45) is -0.611. The Morgan fingerprint density at radius 3 is 2.78 bits per heavy atom. The maximum Gasteiger partial charge on any atom is 0.365 e. The second kappa shape index (κ2) is 6.59. The number of hydrogen-bond donors (Lipinski definition) is 1. The van der Waals surface area contributed by atoms with E-state index in [9.17, 15) is 14.7 Å². The first-order chi connectivity index (χ1) is 13.0. The van der Waals surface area contributed by atoms with E-state index in [1.165, 1.54) is 6.07 Å². The number of rotatable bonds is 5. The molecule has 1 N–H and O–H groups in total. The second-order valence-electron chi connectivity index (χ2n) is 6.37. The molecule has 0 saturated carbocycles. The van der Waals surface area contributed by atoms with Crippen molar-refractivity contribution in [3.63, 3.8) is 0 Å². The van der Waals surface area contributed by atoms with Crippen molar-refractivity contribution in [1.29, 1.82) is 0 Å². The molecule has 0 bridgehead atoms. The van der Waals surface area contributed by atoms with E-state index < -0.39 is 17.9 Å². The number of aliphatic hydroxyl groups is 1. The molecule has 2 unspecified atom stereocenters. The van der Waals surface area contributed by atoms with Crippen LogP contribution in [0.3, 0.4) is 0 Å². The fourth-order valence-electron chi connectivity index (χ4n) is 3.31. The molecule has 0 radical (unpaired) electrons.